The van der Waals surface area contributed by atoms with E-state index in [4.69, 9.17) is 15.7 Å². The molecule has 0 spiro atoms. The number of aryl methyl sites for hydroxylation is 2. The minimum atomic E-state index is -0.436. The number of anilines is 1. The Bertz CT molecular complexity index is 690. The molecule has 0 heterocycles. The molecule has 2 aromatic rings. The normalized spacial score (nSPS) is 10.1. The Kier molecular flexibility index (Phi) is 3.90. The lowest BCUT2D eigenvalue weighted by Gasteiger charge is -2.12. The molecule has 0 saturated carbocycles. The van der Waals surface area contributed by atoms with E-state index >= 15 is 0 Å². The van der Waals surface area contributed by atoms with Gasteiger partial charge in [-0.05, 0) is 49.2 Å². The summed E-state index contributed by atoms with van der Waals surface area (Å²) in [5.74, 6) is 0.245. The second-order valence-corrected chi connectivity index (χ2v) is 4.68. The molecule has 2 aromatic carbocycles. The van der Waals surface area contributed by atoms with Gasteiger partial charge in [0.2, 0.25) is 0 Å². The van der Waals surface area contributed by atoms with Gasteiger partial charge in [-0.1, -0.05) is 6.07 Å². The van der Waals surface area contributed by atoms with Gasteiger partial charge in [0.15, 0.2) is 0 Å². The fourth-order valence-electron chi connectivity index (χ4n) is 1.86. The van der Waals surface area contributed by atoms with E-state index in [0.29, 0.717) is 22.6 Å². The fourth-order valence-corrected chi connectivity index (χ4v) is 1.86. The van der Waals surface area contributed by atoms with Crippen LogP contribution in [0.3, 0.4) is 0 Å². The maximum absolute atomic E-state index is 13.7. The van der Waals surface area contributed by atoms with Gasteiger partial charge in [-0.2, -0.15) is 5.26 Å². The minimum absolute atomic E-state index is 0.113. The predicted octanol–water partition coefficient (Wildman–Crippen LogP) is 3.48. The third-order valence-electron chi connectivity index (χ3n) is 3.13. The van der Waals surface area contributed by atoms with Crippen molar-refractivity contribution in [1.82, 2.24) is 0 Å². The first kappa shape index (κ1) is 13.9. The number of hydrogen-bond donors (Lipinski definition) is 1. The zero-order valence-corrected chi connectivity index (χ0v) is 11.4. The molecule has 0 atom stereocenters. The van der Waals surface area contributed by atoms with E-state index in [-0.39, 0.29) is 6.61 Å². The van der Waals surface area contributed by atoms with E-state index in [1.54, 1.807) is 12.1 Å². The van der Waals surface area contributed by atoms with Crippen molar-refractivity contribution in [3.8, 4) is 11.8 Å². The first-order chi connectivity index (χ1) is 9.51. The van der Waals surface area contributed by atoms with Crippen LogP contribution in [0.25, 0.3) is 0 Å². The number of nitrogens with zero attached hydrogens (tertiary/aromatic N) is 1. The van der Waals surface area contributed by atoms with Gasteiger partial charge >= 0.3 is 0 Å². The molecule has 0 radical (unpaired) electrons. The summed E-state index contributed by atoms with van der Waals surface area (Å²) >= 11 is 0. The molecule has 0 bridgehead atoms. The number of nitrogen functional groups attached to an aromatic ring is 1. The van der Waals surface area contributed by atoms with Crippen LogP contribution in [0.2, 0.25) is 0 Å². The van der Waals surface area contributed by atoms with Crippen LogP contribution in [-0.4, -0.2) is 0 Å². The van der Waals surface area contributed by atoms with Gasteiger partial charge in [-0.25, -0.2) is 4.39 Å². The van der Waals surface area contributed by atoms with Gasteiger partial charge in [0.25, 0.3) is 0 Å². The van der Waals surface area contributed by atoms with Crippen LogP contribution >= 0.6 is 0 Å². The molecule has 2 N–H and O–H groups in total. The van der Waals surface area contributed by atoms with Gasteiger partial charge in [0.1, 0.15) is 18.2 Å². The maximum atomic E-state index is 13.7. The van der Waals surface area contributed by atoms with Gasteiger partial charge in [-0.15, -0.1) is 0 Å². The Morgan fingerprint density at radius 1 is 1.20 bits per heavy atom. The van der Waals surface area contributed by atoms with Crippen molar-refractivity contribution in [2.75, 3.05) is 5.73 Å². The predicted molar refractivity (Wildman–Crippen MR) is 75.8 cm³/mol. The average molecular weight is 270 g/mol. The van der Waals surface area contributed by atoms with Gasteiger partial charge < -0.3 is 10.5 Å². The summed E-state index contributed by atoms with van der Waals surface area (Å²) in [6.07, 6.45) is 0. The number of nitrogens with two attached hydrogens (primary N) is 1. The number of benzene rings is 2. The number of nitriles is 1. The van der Waals surface area contributed by atoms with E-state index in [1.807, 2.05) is 32.0 Å². The number of halogens is 1. The second-order valence-electron chi connectivity index (χ2n) is 4.68. The minimum Gasteiger partial charge on any atom is -0.489 e. The smallest absolute Gasteiger partial charge is 0.131 e. The molecule has 3 nitrogen and oxygen atoms in total. The van der Waals surface area contributed by atoms with Crippen LogP contribution in [0.5, 0.6) is 5.75 Å². The van der Waals surface area contributed by atoms with Crippen molar-refractivity contribution >= 4 is 5.69 Å². The largest absolute Gasteiger partial charge is 0.489 e. The molecule has 0 amide bonds. The highest BCUT2D eigenvalue weighted by molar-refractivity contribution is 5.53. The van der Waals surface area contributed by atoms with Crippen LogP contribution in [0.1, 0.15) is 22.3 Å². The Balaban J connectivity index is 2.17. The van der Waals surface area contributed by atoms with Crippen molar-refractivity contribution < 1.29 is 9.13 Å². The third kappa shape index (κ3) is 2.89. The molecule has 20 heavy (non-hydrogen) atoms. The Labute approximate surface area is 117 Å². The number of ether oxygens (including phenoxy) is 1. The molecule has 102 valence electrons. The molecule has 0 unspecified atom stereocenters. The SMILES string of the molecule is Cc1cc(OCc2ccc(C#N)cc2F)c(C)cc1N. The van der Waals surface area contributed by atoms with E-state index in [2.05, 4.69) is 0 Å². The maximum Gasteiger partial charge on any atom is 0.131 e. The molecule has 0 fully saturated rings. The summed E-state index contributed by atoms with van der Waals surface area (Å²) in [7, 11) is 0. The van der Waals surface area contributed by atoms with Gasteiger partial charge in [0, 0.05) is 11.3 Å². The fraction of sp³-hybridized carbons (Fsp3) is 0.188. The average Bonchev–Trinajstić information content (AvgIpc) is 2.42. The second kappa shape index (κ2) is 5.62. The van der Waals surface area contributed by atoms with Crippen molar-refractivity contribution in [1.29, 1.82) is 5.26 Å². The van der Waals surface area contributed by atoms with Crippen LogP contribution < -0.4 is 10.5 Å². The number of rotatable bonds is 3. The molecule has 4 heteroatoms. The Hall–Kier alpha value is -2.54. The molecular weight excluding hydrogens is 255 g/mol. The van der Waals surface area contributed by atoms with Crippen molar-refractivity contribution in [3.05, 3.63) is 58.4 Å². The number of hydrogen-bond acceptors (Lipinski definition) is 3. The van der Waals surface area contributed by atoms with Crippen molar-refractivity contribution in [2.24, 2.45) is 0 Å². The molecule has 0 aliphatic rings. The van der Waals surface area contributed by atoms with Gasteiger partial charge in [-0.3, -0.25) is 0 Å². The molecule has 0 saturated heterocycles. The van der Waals surface area contributed by atoms with Crippen LogP contribution in [0.4, 0.5) is 10.1 Å². The van der Waals surface area contributed by atoms with Crippen LogP contribution in [-0.2, 0) is 6.61 Å². The first-order valence-electron chi connectivity index (χ1n) is 6.19. The third-order valence-corrected chi connectivity index (χ3v) is 3.13. The summed E-state index contributed by atoms with van der Waals surface area (Å²) in [4.78, 5) is 0. The van der Waals surface area contributed by atoms with Crippen LogP contribution in [0, 0.1) is 31.0 Å². The first-order valence-corrected chi connectivity index (χ1v) is 6.19. The van der Waals surface area contributed by atoms with Gasteiger partial charge in [0.05, 0.1) is 11.6 Å². The van der Waals surface area contributed by atoms with E-state index in [0.717, 1.165) is 11.1 Å². The van der Waals surface area contributed by atoms with E-state index in [9.17, 15) is 4.39 Å². The molecule has 0 aliphatic carbocycles. The lowest BCUT2D eigenvalue weighted by Crippen LogP contribution is -2.01. The molecule has 2 rings (SSSR count). The van der Waals surface area contributed by atoms with E-state index in [1.165, 1.54) is 6.07 Å². The van der Waals surface area contributed by atoms with E-state index < -0.39 is 5.82 Å². The molecular formula is C16H15FN2O. The lowest BCUT2D eigenvalue weighted by molar-refractivity contribution is 0.297. The Morgan fingerprint density at radius 3 is 2.60 bits per heavy atom. The summed E-state index contributed by atoms with van der Waals surface area (Å²) in [6.45, 7) is 3.89. The highest BCUT2D eigenvalue weighted by atomic mass is 19.1. The zero-order valence-electron chi connectivity index (χ0n) is 11.4. The van der Waals surface area contributed by atoms with Crippen molar-refractivity contribution in [3.63, 3.8) is 0 Å². The topological polar surface area (TPSA) is 59.0 Å². The monoisotopic (exact) mass is 270 g/mol. The summed E-state index contributed by atoms with van der Waals surface area (Å²) in [5.41, 5.74) is 9.05. The standard InChI is InChI=1S/C16H15FN2O/c1-10-6-16(11(2)5-15(10)19)20-9-13-4-3-12(8-18)7-14(13)17/h3-7H,9,19H2,1-2H3. The quantitative estimate of drug-likeness (QED) is 0.869. The molecule has 0 aromatic heterocycles. The summed E-state index contributed by atoms with van der Waals surface area (Å²) in [5, 5.41) is 8.69. The summed E-state index contributed by atoms with van der Waals surface area (Å²) in [6, 6.07) is 9.91. The highest BCUT2D eigenvalue weighted by Gasteiger charge is 2.07. The lowest BCUT2D eigenvalue weighted by atomic mass is 10.1. The Morgan fingerprint density at radius 2 is 1.95 bits per heavy atom. The zero-order chi connectivity index (χ0) is 14.7. The summed E-state index contributed by atoms with van der Waals surface area (Å²) < 4.78 is 19.4. The van der Waals surface area contributed by atoms with Crippen LogP contribution in [0.15, 0.2) is 30.3 Å². The molecule has 0 aliphatic heterocycles. The highest BCUT2D eigenvalue weighted by Crippen LogP contribution is 2.25. The van der Waals surface area contributed by atoms with Crippen molar-refractivity contribution in [2.45, 2.75) is 20.5 Å².